The first kappa shape index (κ1) is 16.7. The summed E-state index contributed by atoms with van der Waals surface area (Å²) in [5.41, 5.74) is 0.264. The molecule has 128 valence electrons. The number of aromatic nitrogens is 4. The Hall–Kier alpha value is -3.17. The molecular formula is C15H10F4N6. The highest BCUT2D eigenvalue weighted by Crippen LogP contribution is 2.27. The van der Waals surface area contributed by atoms with Crippen molar-refractivity contribution in [2.75, 3.05) is 0 Å². The summed E-state index contributed by atoms with van der Waals surface area (Å²) in [4.78, 5) is 6.29. The number of hydrogen-bond donors (Lipinski definition) is 0. The molecule has 0 aliphatic carbocycles. The fourth-order valence-electron chi connectivity index (χ4n) is 2.02. The molecule has 1 aromatic carbocycles. The number of benzene rings is 1. The van der Waals surface area contributed by atoms with Crippen LogP contribution in [0.25, 0.3) is 5.69 Å². The monoisotopic (exact) mass is 350 g/mol. The molecule has 0 saturated carbocycles. The minimum atomic E-state index is -1.78. The molecule has 3 aromatic rings. The summed E-state index contributed by atoms with van der Waals surface area (Å²) in [6.07, 6.45) is 2.91. The molecule has 0 bridgehead atoms. The number of rotatable bonds is 4. The maximum Gasteiger partial charge on any atom is 0.254 e. The molecule has 0 fully saturated rings. The van der Waals surface area contributed by atoms with Crippen molar-refractivity contribution in [1.29, 1.82) is 0 Å². The van der Waals surface area contributed by atoms with Gasteiger partial charge in [0.15, 0.2) is 5.69 Å². The van der Waals surface area contributed by atoms with Gasteiger partial charge in [0, 0.05) is 0 Å². The van der Waals surface area contributed by atoms with E-state index < -0.39 is 35.3 Å². The van der Waals surface area contributed by atoms with E-state index in [4.69, 9.17) is 0 Å². The van der Waals surface area contributed by atoms with Crippen LogP contribution in [0.3, 0.4) is 0 Å². The van der Waals surface area contributed by atoms with Crippen LogP contribution >= 0.6 is 0 Å². The van der Waals surface area contributed by atoms with Gasteiger partial charge in [-0.1, -0.05) is 12.1 Å². The summed E-state index contributed by atoms with van der Waals surface area (Å²) in [5, 5.41) is 11.0. The quantitative estimate of drug-likeness (QED) is 0.405. The van der Waals surface area contributed by atoms with E-state index in [-0.39, 0.29) is 0 Å². The van der Waals surface area contributed by atoms with Crippen LogP contribution in [0.5, 0.6) is 0 Å². The van der Waals surface area contributed by atoms with Gasteiger partial charge in [0.1, 0.15) is 12.7 Å². The average Bonchev–Trinajstić information content (AvgIpc) is 3.14. The summed E-state index contributed by atoms with van der Waals surface area (Å²) < 4.78 is 54.6. The third-order valence-corrected chi connectivity index (χ3v) is 3.36. The molecule has 3 rings (SSSR count). The normalized spacial score (nSPS) is 12.7. The van der Waals surface area contributed by atoms with Gasteiger partial charge < -0.3 is 0 Å². The summed E-state index contributed by atoms with van der Waals surface area (Å²) in [5.74, 6) is -6.96. The molecule has 0 aliphatic heterocycles. The molecule has 0 aliphatic rings. The van der Waals surface area contributed by atoms with Gasteiger partial charge in [0.2, 0.25) is 11.6 Å². The van der Waals surface area contributed by atoms with Crippen molar-refractivity contribution in [2.45, 2.75) is 13.0 Å². The van der Waals surface area contributed by atoms with E-state index in [1.54, 1.807) is 35.9 Å². The van der Waals surface area contributed by atoms with Crippen molar-refractivity contribution in [3.05, 3.63) is 66.0 Å². The Morgan fingerprint density at radius 1 is 1.00 bits per heavy atom. The number of hydrogen-bond acceptors (Lipinski definition) is 5. The van der Waals surface area contributed by atoms with Gasteiger partial charge in [0.25, 0.3) is 11.9 Å². The van der Waals surface area contributed by atoms with Crippen molar-refractivity contribution >= 4 is 5.69 Å². The molecule has 0 N–H and O–H groups in total. The van der Waals surface area contributed by atoms with E-state index in [0.29, 0.717) is 5.56 Å². The minimum absolute atomic E-state index is 0.608. The molecule has 2 heterocycles. The van der Waals surface area contributed by atoms with E-state index in [1.165, 1.54) is 12.7 Å². The van der Waals surface area contributed by atoms with E-state index in [2.05, 4.69) is 25.3 Å². The van der Waals surface area contributed by atoms with Crippen LogP contribution in [-0.4, -0.2) is 19.7 Å². The number of azo groups is 1. The Labute approximate surface area is 138 Å². The first-order chi connectivity index (χ1) is 12.0. The third kappa shape index (κ3) is 3.37. The Morgan fingerprint density at radius 2 is 1.64 bits per heavy atom. The summed E-state index contributed by atoms with van der Waals surface area (Å²) in [7, 11) is 0. The molecule has 0 amide bonds. The second-order valence-electron chi connectivity index (χ2n) is 4.99. The molecule has 10 heteroatoms. The SMILES string of the molecule is CC(N=Nc1c(F)c(F)nc(F)c1F)c1ccc(-n2cncn2)cc1. The number of halogens is 4. The largest absolute Gasteiger partial charge is 0.254 e. The van der Waals surface area contributed by atoms with Gasteiger partial charge in [-0.25, -0.2) is 9.67 Å². The Kier molecular flexibility index (Phi) is 4.50. The van der Waals surface area contributed by atoms with E-state index in [0.717, 1.165) is 5.69 Å². The molecular weight excluding hydrogens is 340 g/mol. The van der Waals surface area contributed by atoms with Gasteiger partial charge in [0.05, 0.1) is 11.7 Å². The van der Waals surface area contributed by atoms with E-state index in [9.17, 15) is 17.6 Å². The van der Waals surface area contributed by atoms with Crippen LogP contribution < -0.4 is 0 Å². The Bertz CT molecular complexity index is 883. The van der Waals surface area contributed by atoms with E-state index in [1.807, 2.05) is 0 Å². The maximum atomic E-state index is 13.5. The highest BCUT2D eigenvalue weighted by molar-refractivity contribution is 5.38. The predicted molar refractivity (Wildman–Crippen MR) is 78.4 cm³/mol. The lowest BCUT2D eigenvalue weighted by atomic mass is 10.1. The summed E-state index contributed by atoms with van der Waals surface area (Å²) in [6, 6.07) is 6.29. The summed E-state index contributed by atoms with van der Waals surface area (Å²) in [6.45, 7) is 1.61. The first-order valence-electron chi connectivity index (χ1n) is 7.03. The van der Waals surface area contributed by atoms with Crippen molar-refractivity contribution in [3.63, 3.8) is 0 Å². The lowest BCUT2D eigenvalue weighted by Gasteiger charge is -2.07. The molecule has 1 atom stereocenters. The zero-order valence-electron chi connectivity index (χ0n) is 12.7. The van der Waals surface area contributed by atoms with Gasteiger partial charge in [-0.05, 0) is 24.6 Å². The van der Waals surface area contributed by atoms with Crippen LogP contribution in [-0.2, 0) is 0 Å². The molecule has 0 spiro atoms. The standard InChI is InChI=1S/C15H10F4N6/c1-8(9-2-4-10(5-3-9)25-7-20-6-21-25)23-24-13-11(16)14(18)22-15(19)12(13)17/h2-8H,1H3. The number of pyridine rings is 1. The Balaban J connectivity index is 1.83. The average molecular weight is 350 g/mol. The van der Waals surface area contributed by atoms with Crippen LogP contribution in [0.4, 0.5) is 23.2 Å². The minimum Gasteiger partial charge on any atom is -0.223 e. The number of nitrogens with zero attached hydrogens (tertiary/aromatic N) is 6. The van der Waals surface area contributed by atoms with Gasteiger partial charge in [-0.15, -0.1) is 5.11 Å². The van der Waals surface area contributed by atoms with Crippen molar-refractivity contribution in [1.82, 2.24) is 19.7 Å². The fourth-order valence-corrected chi connectivity index (χ4v) is 2.02. The second-order valence-corrected chi connectivity index (χ2v) is 4.99. The molecule has 1 unspecified atom stereocenters. The molecule has 0 radical (unpaired) electrons. The van der Waals surface area contributed by atoms with Gasteiger partial charge in [-0.2, -0.15) is 32.8 Å². The predicted octanol–water partition coefficient (Wildman–Crippen LogP) is 4.06. The fraction of sp³-hybridized carbons (Fsp3) is 0.133. The van der Waals surface area contributed by atoms with Crippen LogP contribution in [0.2, 0.25) is 0 Å². The molecule has 6 nitrogen and oxygen atoms in total. The third-order valence-electron chi connectivity index (χ3n) is 3.36. The van der Waals surface area contributed by atoms with Crippen molar-refractivity contribution in [3.8, 4) is 5.69 Å². The van der Waals surface area contributed by atoms with Crippen LogP contribution in [0.1, 0.15) is 18.5 Å². The second kappa shape index (κ2) is 6.75. The smallest absolute Gasteiger partial charge is 0.223 e. The van der Waals surface area contributed by atoms with Crippen molar-refractivity contribution < 1.29 is 17.6 Å². The first-order valence-corrected chi connectivity index (χ1v) is 7.03. The Morgan fingerprint density at radius 3 is 2.20 bits per heavy atom. The van der Waals surface area contributed by atoms with Crippen molar-refractivity contribution in [2.24, 2.45) is 10.2 Å². The highest BCUT2D eigenvalue weighted by atomic mass is 19.2. The zero-order valence-corrected chi connectivity index (χ0v) is 12.7. The maximum absolute atomic E-state index is 13.5. The molecule has 25 heavy (non-hydrogen) atoms. The van der Waals surface area contributed by atoms with Crippen LogP contribution in [0.15, 0.2) is 47.1 Å². The van der Waals surface area contributed by atoms with Crippen LogP contribution in [0, 0.1) is 23.5 Å². The van der Waals surface area contributed by atoms with Gasteiger partial charge >= 0.3 is 0 Å². The lowest BCUT2D eigenvalue weighted by molar-refractivity contribution is 0.408. The van der Waals surface area contributed by atoms with Gasteiger partial charge in [-0.3, -0.25) is 0 Å². The summed E-state index contributed by atoms with van der Waals surface area (Å²) >= 11 is 0. The topological polar surface area (TPSA) is 68.3 Å². The highest BCUT2D eigenvalue weighted by Gasteiger charge is 2.21. The zero-order chi connectivity index (χ0) is 18.0. The van der Waals surface area contributed by atoms with E-state index >= 15 is 0 Å². The molecule has 2 aromatic heterocycles. The molecule has 0 saturated heterocycles. The lowest BCUT2D eigenvalue weighted by Crippen LogP contribution is -1.99.